The number of methoxy groups -OCH3 is 2. The predicted molar refractivity (Wildman–Crippen MR) is 75.9 cm³/mol. The van der Waals surface area contributed by atoms with Gasteiger partial charge in [-0.05, 0) is 37.0 Å². The van der Waals surface area contributed by atoms with Gasteiger partial charge in [-0.3, -0.25) is 0 Å². The SMILES string of the molecule is COc1ccc(C2(O)CCCC2S(C)(=O)=O)cc1OC. The Labute approximate surface area is 119 Å². The first-order valence-corrected chi connectivity index (χ1v) is 8.42. The highest BCUT2D eigenvalue weighted by Gasteiger charge is 2.48. The van der Waals surface area contributed by atoms with E-state index in [1.54, 1.807) is 18.2 Å². The third kappa shape index (κ3) is 2.50. The first kappa shape index (κ1) is 15.1. The van der Waals surface area contributed by atoms with Gasteiger partial charge < -0.3 is 14.6 Å². The summed E-state index contributed by atoms with van der Waals surface area (Å²) in [5, 5.41) is 10.1. The molecule has 1 N–H and O–H groups in total. The lowest BCUT2D eigenvalue weighted by molar-refractivity contribution is 0.0474. The molecule has 2 atom stereocenters. The molecule has 0 aromatic heterocycles. The van der Waals surface area contributed by atoms with E-state index in [4.69, 9.17) is 9.47 Å². The normalized spacial score (nSPS) is 26.5. The smallest absolute Gasteiger partial charge is 0.161 e. The van der Waals surface area contributed by atoms with E-state index in [1.165, 1.54) is 20.5 Å². The van der Waals surface area contributed by atoms with Crippen LogP contribution in [0.1, 0.15) is 24.8 Å². The molecule has 1 aliphatic rings. The van der Waals surface area contributed by atoms with Crippen LogP contribution in [0.5, 0.6) is 11.5 Å². The Bertz CT molecular complexity index is 596. The van der Waals surface area contributed by atoms with Gasteiger partial charge >= 0.3 is 0 Å². The Kier molecular flexibility index (Phi) is 3.97. The Morgan fingerprint density at radius 2 is 1.90 bits per heavy atom. The van der Waals surface area contributed by atoms with Gasteiger partial charge in [0, 0.05) is 6.26 Å². The molecule has 0 aliphatic heterocycles. The molecule has 5 nitrogen and oxygen atoms in total. The van der Waals surface area contributed by atoms with E-state index in [0.29, 0.717) is 36.3 Å². The number of aliphatic hydroxyl groups is 1. The lowest BCUT2D eigenvalue weighted by Gasteiger charge is -2.30. The molecule has 20 heavy (non-hydrogen) atoms. The van der Waals surface area contributed by atoms with Crippen molar-refractivity contribution in [1.82, 2.24) is 0 Å². The van der Waals surface area contributed by atoms with Gasteiger partial charge in [-0.25, -0.2) is 8.42 Å². The van der Waals surface area contributed by atoms with E-state index < -0.39 is 20.7 Å². The maximum absolute atomic E-state index is 11.9. The minimum Gasteiger partial charge on any atom is -0.493 e. The number of hydrogen-bond donors (Lipinski definition) is 1. The summed E-state index contributed by atoms with van der Waals surface area (Å²) in [5.41, 5.74) is -0.796. The summed E-state index contributed by atoms with van der Waals surface area (Å²) >= 11 is 0. The molecule has 0 amide bonds. The van der Waals surface area contributed by atoms with Gasteiger partial charge in [0.25, 0.3) is 0 Å². The topological polar surface area (TPSA) is 72.8 Å². The van der Waals surface area contributed by atoms with Crippen molar-refractivity contribution in [3.8, 4) is 11.5 Å². The molecule has 0 bridgehead atoms. The van der Waals surface area contributed by atoms with Gasteiger partial charge in [0.05, 0.1) is 19.5 Å². The fourth-order valence-corrected chi connectivity index (χ4v) is 4.52. The third-order valence-corrected chi connectivity index (χ3v) is 5.62. The highest BCUT2D eigenvalue weighted by Crippen LogP contribution is 2.44. The van der Waals surface area contributed by atoms with Crippen LogP contribution in [0.25, 0.3) is 0 Å². The van der Waals surface area contributed by atoms with Gasteiger partial charge in [0.2, 0.25) is 0 Å². The largest absolute Gasteiger partial charge is 0.493 e. The lowest BCUT2D eigenvalue weighted by atomic mass is 9.91. The van der Waals surface area contributed by atoms with Crippen LogP contribution in [0.4, 0.5) is 0 Å². The Balaban J connectivity index is 2.49. The van der Waals surface area contributed by atoms with E-state index >= 15 is 0 Å². The summed E-state index contributed by atoms with van der Waals surface area (Å²) < 4.78 is 34.1. The van der Waals surface area contributed by atoms with Crippen LogP contribution in [0, 0.1) is 0 Å². The number of rotatable bonds is 4. The molecular formula is C14H20O5S. The van der Waals surface area contributed by atoms with Crippen molar-refractivity contribution in [1.29, 1.82) is 0 Å². The molecule has 1 saturated carbocycles. The van der Waals surface area contributed by atoms with Crippen molar-refractivity contribution < 1.29 is 23.0 Å². The van der Waals surface area contributed by atoms with E-state index in [1.807, 2.05) is 0 Å². The minimum atomic E-state index is -3.32. The Morgan fingerprint density at radius 3 is 2.45 bits per heavy atom. The number of benzene rings is 1. The average Bonchev–Trinajstić information content (AvgIpc) is 2.81. The molecule has 0 radical (unpaired) electrons. The molecule has 2 unspecified atom stereocenters. The molecular weight excluding hydrogens is 280 g/mol. The zero-order valence-electron chi connectivity index (χ0n) is 11.9. The zero-order valence-corrected chi connectivity index (χ0v) is 12.7. The van der Waals surface area contributed by atoms with Crippen molar-refractivity contribution in [3.63, 3.8) is 0 Å². The van der Waals surface area contributed by atoms with Gasteiger partial charge in [0.1, 0.15) is 5.60 Å². The molecule has 0 spiro atoms. The standard InChI is InChI=1S/C14H20O5S/c1-18-11-7-6-10(9-12(11)19-2)14(15)8-4-5-13(14)20(3,16)17/h6-7,9,13,15H,4-5,8H2,1-3H3. The van der Waals surface area contributed by atoms with Crippen molar-refractivity contribution in [2.24, 2.45) is 0 Å². The second-order valence-electron chi connectivity index (χ2n) is 5.20. The number of ether oxygens (including phenoxy) is 2. The van der Waals surface area contributed by atoms with E-state index in [0.717, 1.165) is 0 Å². The van der Waals surface area contributed by atoms with E-state index in [9.17, 15) is 13.5 Å². The first-order chi connectivity index (χ1) is 9.32. The van der Waals surface area contributed by atoms with Crippen LogP contribution in [0.3, 0.4) is 0 Å². The lowest BCUT2D eigenvalue weighted by Crippen LogP contribution is -2.39. The van der Waals surface area contributed by atoms with Gasteiger partial charge in [-0.2, -0.15) is 0 Å². The van der Waals surface area contributed by atoms with Crippen LogP contribution in [-0.4, -0.2) is 39.2 Å². The van der Waals surface area contributed by atoms with Crippen LogP contribution in [-0.2, 0) is 15.4 Å². The summed E-state index contributed by atoms with van der Waals surface area (Å²) in [7, 11) is -0.278. The Morgan fingerprint density at radius 1 is 1.25 bits per heavy atom. The predicted octanol–water partition coefficient (Wildman–Crippen LogP) is 1.49. The summed E-state index contributed by atoms with van der Waals surface area (Å²) in [5.74, 6) is 1.03. The molecule has 6 heteroatoms. The highest BCUT2D eigenvalue weighted by atomic mass is 32.2. The van der Waals surface area contributed by atoms with Crippen molar-refractivity contribution in [2.45, 2.75) is 30.1 Å². The van der Waals surface area contributed by atoms with Crippen LogP contribution in [0.15, 0.2) is 18.2 Å². The number of hydrogen-bond acceptors (Lipinski definition) is 5. The Hall–Kier alpha value is -1.27. The number of sulfone groups is 1. The van der Waals surface area contributed by atoms with Gasteiger partial charge in [-0.15, -0.1) is 0 Å². The average molecular weight is 300 g/mol. The van der Waals surface area contributed by atoms with Crippen molar-refractivity contribution in [3.05, 3.63) is 23.8 Å². The molecule has 2 rings (SSSR count). The second kappa shape index (κ2) is 5.26. The molecule has 0 saturated heterocycles. The fourth-order valence-electron chi connectivity index (χ4n) is 2.96. The van der Waals surface area contributed by atoms with E-state index in [-0.39, 0.29) is 0 Å². The third-order valence-electron chi connectivity index (χ3n) is 3.96. The second-order valence-corrected chi connectivity index (χ2v) is 7.43. The van der Waals surface area contributed by atoms with Crippen LogP contribution in [0.2, 0.25) is 0 Å². The molecule has 0 heterocycles. The molecule has 1 aliphatic carbocycles. The maximum atomic E-state index is 11.9. The monoisotopic (exact) mass is 300 g/mol. The summed E-state index contributed by atoms with van der Waals surface area (Å²) in [6.45, 7) is 0. The van der Waals surface area contributed by atoms with Crippen LogP contribution >= 0.6 is 0 Å². The maximum Gasteiger partial charge on any atom is 0.161 e. The molecule has 1 aromatic rings. The first-order valence-electron chi connectivity index (χ1n) is 6.46. The minimum absolute atomic E-state index is 0.431. The summed E-state index contributed by atoms with van der Waals surface area (Å²) in [6, 6.07) is 5.04. The molecule has 112 valence electrons. The summed E-state index contributed by atoms with van der Waals surface area (Å²) in [6.07, 6.45) is 2.77. The van der Waals surface area contributed by atoms with Gasteiger partial charge in [0.15, 0.2) is 21.3 Å². The van der Waals surface area contributed by atoms with Crippen molar-refractivity contribution >= 4 is 9.84 Å². The molecule has 1 fully saturated rings. The fraction of sp³-hybridized carbons (Fsp3) is 0.571. The van der Waals surface area contributed by atoms with Gasteiger partial charge in [-0.1, -0.05) is 6.07 Å². The highest BCUT2D eigenvalue weighted by molar-refractivity contribution is 7.91. The van der Waals surface area contributed by atoms with Crippen molar-refractivity contribution in [2.75, 3.05) is 20.5 Å². The zero-order chi connectivity index (χ0) is 15.0. The summed E-state index contributed by atoms with van der Waals surface area (Å²) in [4.78, 5) is 0. The quantitative estimate of drug-likeness (QED) is 0.912. The van der Waals surface area contributed by atoms with Crippen LogP contribution < -0.4 is 9.47 Å². The van der Waals surface area contributed by atoms with E-state index in [2.05, 4.69) is 0 Å². The molecule has 1 aromatic carbocycles.